The molecule has 1 aliphatic heterocycles. The SMILES string of the molecule is COc1ccc(C(=O)CN2C=CCC(C(=O)N(N)S(C)(=O)=O)=C2)cc1. The van der Waals surface area contributed by atoms with Crippen LogP contribution in [-0.2, 0) is 14.8 Å². The smallest absolute Gasteiger partial charge is 0.279 e. The third-order valence-electron chi connectivity index (χ3n) is 3.53. The van der Waals surface area contributed by atoms with Gasteiger partial charge in [0.15, 0.2) is 5.78 Å². The topological polar surface area (TPSA) is 110 Å². The van der Waals surface area contributed by atoms with Gasteiger partial charge in [0.25, 0.3) is 5.91 Å². The number of methoxy groups -OCH3 is 1. The number of rotatable bonds is 6. The normalized spacial score (nSPS) is 14.0. The highest BCUT2D eigenvalue weighted by Crippen LogP contribution is 2.17. The van der Waals surface area contributed by atoms with Crippen LogP contribution >= 0.6 is 0 Å². The van der Waals surface area contributed by atoms with Crippen molar-refractivity contribution in [2.24, 2.45) is 5.84 Å². The average molecular weight is 365 g/mol. The van der Waals surface area contributed by atoms with E-state index in [0.717, 1.165) is 6.26 Å². The van der Waals surface area contributed by atoms with E-state index in [1.165, 1.54) is 18.2 Å². The molecule has 0 unspecified atom stereocenters. The molecule has 1 aliphatic rings. The molecule has 0 aromatic heterocycles. The number of allylic oxidation sites excluding steroid dienone is 1. The van der Waals surface area contributed by atoms with Crippen LogP contribution in [0.3, 0.4) is 0 Å². The summed E-state index contributed by atoms with van der Waals surface area (Å²) in [6.45, 7) is 0.00303. The summed E-state index contributed by atoms with van der Waals surface area (Å²) in [4.78, 5) is 25.9. The van der Waals surface area contributed by atoms with Gasteiger partial charge in [-0.1, -0.05) is 6.08 Å². The van der Waals surface area contributed by atoms with Gasteiger partial charge in [-0.25, -0.2) is 14.3 Å². The lowest BCUT2D eigenvalue weighted by Gasteiger charge is -2.22. The van der Waals surface area contributed by atoms with Crippen LogP contribution in [0.5, 0.6) is 5.75 Å². The fourth-order valence-electron chi connectivity index (χ4n) is 2.18. The minimum atomic E-state index is -3.84. The molecular formula is C16H19N3O5S. The highest BCUT2D eigenvalue weighted by Gasteiger charge is 2.24. The zero-order valence-electron chi connectivity index (χ0n) is 13.9. The molecule has 1 aromatic carbocycles. The molecule has 1 amide bonds. The number of ether oxygens (including phenoxy) is 1. The zero-order valence-corrected chi connectivity index (χ0v) is 14.7. The Bertz CT molecular complexity index is 828. The van der Waals surface area contributed by atoms with Gasteiger partial charge in [-0.05, 0) is 30.7 Å². The van der Waals surface area contributed by atoms with Crippen molar-refractivity contribution >= 4 is 21.7 Å². The van der Waals surface area contributed by atoms with Crippen LogP contribution < -0.4 is 10.6 Å². The standard InChI is InChI=1S/C16H19N3O5S/c1-24-14-7-5-12(6-8-14)15(20)11-18-9-3-4-13(10-18)16(21)19(17)25(2,22)23/h3,5-10H,4,11,17H2,1-2H3. The molecule has 0 atom stereocenters. The number of carbonyl (C=O) groups is 2. The Labute approximate surface area is 146 Å². The Morgan fingerprint density at radius 1 is 1.28 bits per heavy atom. The third kappa shape index (κ3) is 4.68. The highest BCUT2D eigenvalue weighted by molar-refractivity contribution is 7.88. The first-order valence-electron chi connectivity index (χ1n) is 7.32. The number of hydrogen-bond acceptors (Lipinski definition) is 7. The van der Waals surface area contributed by atoms with Crippen LogP contribution in [0.15, 0.2) is 48.3 Å². The molecule has 0 saturated carbocycles. The Hall–Kier alpha value is -2.65. The van der Waals surface area contributed by atoms with Gasteiger partial charge in [0.05, 0.1) is 19.9 Å². The molecule has 0 aliphatic carbocycles. The van der Waals surface area contributed by atoms with Crippen molar-refractivity contribution in [1.29, 1.82) is 0 Å². The van der Waals surface area contributed by atoms with Gasteiger partial charge in [-0.2, -0.15) is 4.41 Å². The fourth-order valence-corrected chi connectivity index (χ4v) is 2.60. The number of nitrogens with zero attached hydrogens (tertiary/aromatic N) is 2. The largest absolute Gasteiger partial charge is 0.497 e. The molecule has 134 valence electrons. The monoisotopic (exact) mass is 365 g/mol. The Morgan fingerprint density at radius 3 is 2.48 bits per heavy atom. The first-order valence-corrected chi connectivity index (χ1v) is 9.17. The lowest BCUT2D eigenvalue weighted by molar-refractivity contribution is -0.123. The second-order valence-electron chi connectivity index (χ2n) is 5.43. The van der Waals surface area contributed by atoms with E-state index >= 15 is 0 Å². The van der Waals surface area contributed by atoms with Gasteiger partial charge < -0.3 is 9.64 Å². The minimum absolute atomic E-state index is 0.00303. The van der Waals surface area contributed by atoms with Gasteiger partial charge in [0, 0.05) is 23.5 Å². The maximum Gasteiger partial charge on any atom is 0.279 e. The predicted molar refractivity (Wildman–Crippen MR) is 91.7 cm³/mol. The molecule has 0 fully saturated rings. The molecule has 25 heavy (non-hydrogen) atoms. The molecule has 0 saturated heterocycles. The maximum atomic E-state index is 12.3. The van der Waals surface area contributed by atoms with Crippen molar-refractivity contribution in [1.82, 2.24) is 9.31 Å². The summed E-state index contributed by atoms with van der Waals surface area (Å²) >= 11 is 0. The van der Waals surface area contributed by atoms with E-state index in [1.807, 2.05) is 0 Å². The predicted octanol–water partition coefficient (Wildman–Crippen LogP) is 0.643. The lowest BCUT2D eigenvalue weighted by Crippen LogP contribution is -2.43. The quantitative estimate of drug-likeness (QED) is 0.341. The van der Waals surface area contributed by atoms with Crippen molar-refractivity contribution in [3.05, 3.63) is 53.9 Å². The van der Waals surface area contributed by atoms with E-state index in [2.05, 4.69) is 0 Å². The Balaban J connectivity index is 2.10. The summed E-state index contributed by atoms with van der Waals surface area (Å²) < 4.78 is 28.0. The summed E-state index contributed by atoms with van der Waals surface area (Å²) in [5.41, 5.74) is 0.676. The molecule has 0 bridgehead atoms. The van der Waals surface area contributed by atoms with Gasteiger partial charge in [0.1, 0.15) is 5.75 Å². The minimum Gasteiger partial charge on any atom is -0.497 e. The second kappa shape index (κ2) is 7.49. The number of nitrogens with two attached hydrogens (primary N) is 1. The summed E-state index contributed by atoms with van der Waals surface area (Å²) in [6, 6.07) is 6.66. The first-order chi connectivity index (χ1) is 11.7. The molecule has 0 radical (unpaired) electrons. The van der Waals surface area contributed by atoms with Crippen molar-refractivity contribution in [3.63, 3.8) is 0 Å². The number of amides is 1. The Kier molecular flexibility index (Phi) is 5.60. The summed E-state index contributed by atoms with van der Waals surface area (Å²) in [5.74, 6) is 4.98. The second-order valence-corrected chi connectivity index (χ2v) is 7.29. The van der Waals surface area contributed by atoms with Gasteiger partial charge in [-0.15, -0.1) is 0 Å². The van der Waals surface area contributed by atoms with Crippen molar-refractivity contribution < 1.29 is 22.7 Å². The number of ketones is 1. The zero-order chi connectivity index (χ0) is 18.6. The van der Waals surface area contributed by atoms with Crippen LogP contribution in [0.1, 0.15) is 16.8 Å². The number of hydrazine groups is 1. The van der Waals surface area contributed by atoms with Crippen molar-refractivity contribution in [2.45, 2.75) is 6.42 Å². The Morgan fingerprint density at radius 2 is 1.92 bits per heavy atom. The number of benzene rings is 1. The van der Waals surface area contributed by atoms with Gasteiger partial charge in [0.2, 0.25) is 10.0 Å². The summed E-state index contributed by atoms with van der Waals surface area (Å²) in [6.07, 6.45) is 5.81. The molecule has 1 heterocycles. The average Bonchev–Trinajstić information content (AvgIpc) is 2.60. The molecule has 2 N–H and O–H groups in total. The number of sulfonamides is 1. The molecule has 8 nitrogen and oxygen atoms in total. The summed E-state index contributed by atoms with van der Waals surface area (Å²) in [7, 11) is -2.30. The van der Waals surface area contributed by atoms with Crippen molar-refractivity contribution in [2.75, 3.05) is 19.9 Å². The van der Waals surface area contributed by atoms with E-state index in [4.69, 9.17) is 10.6 Å². The van der Waals surface area contributed by atoms with E-state index in [0.29, 0.717) is 11.3 Å². The van der Waals surface area contributed by atoms with Crippen LogP contribution in [0.25, 0.3) is 0 Å². The summed E-state index contributed by atoms with van der Waals surface area (Å²) in [5, 5.41) is 0. The fraction of sp³-hybridized carbons (Fsp3) is 0.250. The van der Waals surface area contributed by atoms with Crippen LogP contribution in [0, 0.1) is 0 Å². The van der Waals surface area contributed by atoms with E-state index in [9.17, 15) is 18.0 Å². The van der Waals surface area contributed by atoms with Crippen LogP contribution in [-0.4, -0.2) is 49.3 Å². The van der Waals surface area contributed by atoms with Crippen LogP contribution in [0.2, 0.25) is 0 Å². The molecule has 1 aromatic rings. The van der Waals surface area contributed by atoms with Crippen LogP contribution in [0.4, 0.5) is 0 Å². The third-order valence-corrected chi connectivity index (χ3v) is 4.41. The first kappa shape index (κ1) is 18.7. The number of carbonyl (C=O) groups excluding carboxylic acids is 2. The lowest BCUT2D eigenvalue weighted by atomic mass is 10.1. The van der Waals surface area contributed by atoms with Crippen molar-refractivity contribution in [3.8, 4) is 5.75 Å². The maximum absolute atomic E-state index is 12.3. The number of Topliss-reactive ketones (excluding diaryl/α,β-unsaturated/α-hetero) is 1. The highest BCUT2D eigenvalue weighted by atomic mass is 32.2. The van der Waals surface area contributed by atoms with E-state index in [1.54, 1.807) is 36.5 Å². The molecule has 9 heteroatoms. The number of hydrogen-bond donors (Lipinski definition) is 1. The van der Waals surface area contributed by atoms with E-state index < -0.39 is 15.9 Å². The molecule has 2 rings (SSSR count). The molecular weight excluding hydrogens is 346 g/mol. The van der Waals surface area contributed by atoms with E-state index in [-0.39, 0.29) is 28.7 Å². The van der Waals surface area contributed by atoms with Gasteiger partial charge >= 0.3 is 0 Å². The van der Waals surface area contributed by atoms with Gasteiger partial charge in [-0.3, -0.25) is 9.59 Å². The molecule has 0 spiro atoms.